The maximum absolute atomic E-state index is 13.1. The summed E-state index contributed by atoms with van der Waals surface area (Å²) in [5.41, 5.74) is 4.22. The molecule has 3 aromatic carbocycles. The van der Waals surface area contributed by atoms with Crippen molar-refractivity contribution in [1.82, 2.24) is 9.80 Å². The number of imide groups is 1. The summed E-state index contributed by atoms with van der Waals surface area (Å²) in [6.45, 7) is 0.740. The third-order valence-corrected chi connectivity index (χ3v) is 7.68. The van der Waals surface area contributed by atoms with Gasteiger partial charge in [-0.05, 0) is 42.2 Å². The Labute approximate surface area is 228 Å². The van der Waals surface area contributed by atoms with Crippen molar-refractivity contribution in [3.05, 3.63) is 94.5 Å². The fourth-order valence-corrected chi connectivity index (χ4v) is 5.62. The van der Waals surface area contributed by atoms with Gasteiger partial charge >= 0.3 is 5.97 Å². The van der Waals surface area contributed by atoms with Gasteiger partial charge in [-0.3, -0.25) is 24.2 Å². The highest BCUT2D eigenvalue weighted by molar-refractivity contribution is 6.21. The molecule has 0 aromatic heterocycles. The molecule has 39 heavy (non-hydrogen) atoms. The molecular weight excluding hydrogens is 496 g/mol. The minimum atomic E-state index is -0.731. The maximum atomic E-state index is 13.1. The number of amides is 2. The van der Waals surface area contributed by atoms with E-state index in [9.17, 15) is 14.4 Å². The van der Waals surface area contributed by atoms with Gasteiger partial charge in [0.2, 0.25) is 0 Å². The van der Waals surface area contributed by atoms with Gasteiger partial charge in [0.25, 0.3) is 11.8 Å². The zero-order chi connectivity index (χ0) is 27.5. The summed E-state index contributed by atoms with van der Waals surface area (Å²) < 4.78 is 16.2. The van der Waals surface area contributed by atoms with Crippen molar-refractivity contribution in [2.24, 2.45) is 5.92 Å². The molecule has 5 rings (SSSR count). The van der Waals surface area contributed by atoms with Crippen molar-refractivity contribution in [2.45, 2.75) is 25.4 Å². The predicted octanol–water partition coefficient (Wildman–Crippen LogP) is 3.76. The van der Waals surface area contributed by atoms with E-state index >= 15 is 0 Å². The lowest BCUT2D eigenvalue weighted by molar-refractivity contribution is -0.146. The van der Waals surface area contributed by atoms with Gasteiger partial charge in [0, 0.05) is 37.3 Å². The fourth-order valence-electron chi connectivity index (χ4n) is 5.62. The standard InChI is InChI=1S/C31H32N2O6/c1-37-25-13-12-22(28(16-25)38-2)17-32(24-14-20-8-4-5-9-21(20)15-24)18-23(31(36)39-3)19-33-29(34)26-10-6-7-11-27(26)30(33)35/h4-13,16,23-24H,14-15,17-19H2,1-3H3. The van der Waals surface area contributed by atoms with E-state index in [0.29, 0.717) is 35.7 Å². The molecule has 0 saturated heterocycles. The number of rotatable bonds is 10. The summed E-state index contributed by atoms with van der Waals surface area (Å²) in [7, 11) is 4.56. The molecule has 1 aliphatic carbocycles. The van der Waals surface area contributed by atoms with Crippen molar-refractivity contribution in [3.63, 3.8) is 0 Å². The number of fused-ring (bicyclic) bond motifs is 2. The quantitative estimate of drug-likeness (QED) is 0.293. The Bertz CT molecular complexity index is 1340. The van der Waals surface area contributed by atoms with E-state index in [1.807, 2.05) is 30.3 Å². The van der Waals surface area contributed by atoms with Gasteiger partial charge in [-0.15, -0.1) is 0 Å². The second-order valence-corrected chi connectivity index (χ2v) is 9.92. The van der Waals surface area contributed by atoms with Crippen molar-refractivity contribution in [3.8, 4) is 11.5 Å². The van der Waals surface area contributed by atoms with Gasteiger partial charge in [0.05, 0.1) is 38.4 Å². The Hall–Kier alpha value is -4.17. The first-order chi connectivity index (χ1) is 18.9. The highest BCUT2D eigenvalue weighted by Crippen LogP contribution is 2.31. The molecule has 2 amide bonds. The van der Waals surface area contributed by atoms with Gasteiger partial charge < -0.3 is 14.2 Å². The zero-order valence-corrected chi connectivity index (χ0v) is 22.4. The third kappa shape index (κ3) is 5.25. The second-order valence-electron chi connectivity index (χ2n) is 9.92. The maximum Gasteiger partial charge on any atom is 0.311 e. The van der Waals surface area contributed by atoms with Crippen molar-refractivity contribution >= 4 is 17.8 Å². The lowest BCUT2D eigenvalue weighted by Crippen LogP contribution is -2.46. The van der Waals surface area contributed by atoms with E-state index in [4.69, 9.17) is 14.2 Å². The molecule has 0 radical (unpaired) electrons. The number of carbonyl (C=O) groups excluding carboxylic acids is 3. The van der Waals surface area contributed by atoms with Crippen molar-refractivity contribution in [2.75, 3.05) is 34.4 Å². The average molecular weight is 529 g/mol. The number of hydrogen-bond acceptors (Lipinski definition) is 7. The van der Waals surface area contributed by atoms with Crippen LogP contribution in [0.1, 0.15) is 37.4 Å². The first-order valence-corrected chi connectivity index (χ1v) is 13.0. The molecule has 8 heteroatoms. The van der Waals surface area contributed by atoms with Crippen LogP contribution in [-0.4, -0.2) is 68.0 Å². The predicted molar refractivity (Wildman–Crippen MR) is 145 cm³/mol. The molecule has 0 fully saturated rings. The minimum Gasteiger partial charge on any atom is -0.497 e. The minimum absolute atomic E-state index is 0.0606. The molecule has 1 heterocycles. The average Bonchev–Trinajstić information content (AvgIpc) is 3.51. The number of hydrogen-bond donors (Lipinski definition) is 0. The molecule has 0 saturated carbocycles. The molecule has 0 bridgehead atoms. The Morgan fingerprint density at radius 3 is 2.08 bits per heavy atom. The van der Waals surface area contributed by atoms with Crippen LogP contribution in [-0.2, 0) is 28.9 Å². The normalized spacial score (nSPS) is 15.3. The fraction of sp³-hybridized carbons (Fsp3) is 0.323. The first kappa shape index (κ1) is 26.4. The van der Waals surface area contributed by atoms with Crippen LogP contribution < -0.4 is 9.47 Å². The molecule has 1 atom stereocenters. The molecule has 202 valence electrons. The van der Waals surface area contributed by atoms with E-state index in [1.165, 1.54) is 23.1 Å². The topological polar surface area (TPSA) is 85.4 Å². The number of nitrogens with zero attached hydrogens (tertiary/aromatic N) is 2. The van der Waals surface area contributed by atoms with Crippen LogP contribution in [0.4, 0.5) is 0 Å². The lowest BCUT2D eigenvalue weighted by atomic mass is 10.0. The summed E-state index contributed by atoms with van der Waals surface area (Å²) in [5.74, 6) is -0.598. The van der Waals surface area contributed by atoms with Crippen LogP contribution >= 0.6 is 0 Å². The summed E-state index contributed by atoms with van der Waals surface area (Å²) >= 11 is 0. The Morgan fingerprint density at radius 1 is 0.897 bits per heavy atom. The van der Waals surface area contributed by atoms with Crippen molar-refractivity contribution in [1.29, 1.82) is 0 Å². The summed E-state index contributed by atoms with van der Waals surface area (Å²) in [6.07, 6.45) is 1.66. The first-order valence-electron chi connectivity index (χ1n) is 13.0. The third-order valence-electron chi connectivity index (χ3n) is 7.68. The smallest absolute Gasteiger partial charge is 0.311 e. The van der Waals surface area contributed by atoms with Gasteiger partial charge in [-0.2, -0.15) is 0 Å². The summed E-state index contributed by atoms with van der Waals surface area (Å²) in [4.78, 5) is 42.7. The Balaban J connectivity index is 1.44. The van der Waals surface area contributed by atoms with Gasteiger partial charge in [0.15, 0.2) is 0 Å². The summed E-state index contributed by atoms with van der Waals surface area (Å²) in [5, 5.41) is 0. The molecule has 2 aliphatic rings. The van der Waals surface area contributed by atoms with Crippen LogP contribution in [0.2, 0.25) is 0 Å². The second kappa shape index (κ2) is 11.3. The molecule has 1 aliphatic heterocycles. The highest BCUT2D eigenvalue weighted by atomic mass is 16.5. The Kier molecular flexibility index (Phi) is 7.65. The van der Waals surface area contributed by atoms with Crippen LogP contribution in [0.15, 0.2) is 66.7 Å². The SMILES string of the molecule is COC(=O)C(CN1C(=O)c2ccccc2C1=O)CN(Cc1ccc(OC)cc1OC)C1Cc2ccccc2C1. The monoisotopic (exact) mass is 528 g/mol. The number of carbonyl (C=O) groups is 3. The van der Waals surface area contributed by atoms with Gasteiger partial charge in [-0.25, -0.2) is 0 Å². The molecule has 1 unspecified atom stereocenters. The van der Waals surface area contributed by atoms with E-state index in [1.54, 1.807) is 38.5 Å². The van der Waals surface area contributed by atoms with Gasteiger partial charge in [-0.1, -0.05) is 42.5 Å². The largest absolute Gasteiger partial charge is 0.497 e. The van der Waals surface area contributed by atoms with Crippen LogP contribution in [0, 0.1) is 5.92 Å². The Morgan fingerprint density at radius 2 is 1.51 bits per heavy atom. The van der Waals surface area contributed by atoms with Crippen LogP contribution in [0.3, 0.4) is 0 Å². The highest BCUT2D eigenvalue weighted by Gasteiger charge is 2.39. The van der Waals surface area contributed by atoms with Crippen LogP contribution in [0.25, 0.3) is 0 Å². The van der Waals surface area contributed by atoms with Gasteiger partial charge in [0.1, 0.15) is 11.5 Å². The number of benzene rings is 3. The van der Waals surface area contributed by atoms with E-state index < -0.39 is 11.9 Å². The van der Waals surface area contributed by atoms with E-state index in [2.05, 4.69) is 17.0 Å². The number of ether oxygens (including phenoxy) is 3. The molecule has 0 spiro atoms. The summed E-state index contributed by atoms with van der Waals surface area (Å²) in [6, 6.07) is 20.9. The van der Waals surface area contributed by atoms with Crippen molar-refractivity contribution < 1.29 is 28.6 Å². The van der Waals surface area contributed by atoms with Crippen LogP contribution in [0.5, 0.6) is 11.5 Å². The molecular formula is C31H32N2O6. The molecule has 0 N–H and O–H groups in total. The molecule has 8 nitrogen and oxygen atoms in total. The van der Waals surface area contributed by atoms with E-state index in [0.717, 1.165) is 18.4 Å². The van der Waals surface area contributed by atoms with E-state index in [-0.39, 0.29) is 24.4 Å². The number of esters is 1. The molecule has 3 aromatic rings. The zero-order valence-electron chi connectivity index (χ0n) is 22.4. The lowest BCUT2D eigenvalue weighted by Gasteiger charge is -2.33. The number of methoxy groups -OCH3 is 3.